The summed E-state index contributed by atoms with van der Waals surface area (Å²) in [6.07, 6.45) is 2.88. The fourth-order valence-electron chi connectivity index (χ4n) is 2.32. The molecule has 1 amide bonds. The van der Waals surface area contributed by atoms with E-state index in [4.69, 9.17) is 4.74 Å². The van der Waals surface area contributed by atoms with Crippen molar-refractivity contribution in [2.75, 3.05) is 6.61 Å². The molecule has 0 bridgehead atoms. The van der Waals surface area contributed by atoms with Crippen LogP contribution in [0.2, 0.25) is 0 Å². The van der Waals surface area contributed by atoms with Gasteiger partial charge in [-0.05, 0) is 38.3 Å². The predicted molar refractivity (Wildman–Crippen MR) is 68.6 cm³/mol. The van der Waals surface area contributed by atoms with E-state index < -0.39 is 11.7 Å². The van der Waals surface area contributed by atoms with Crippen LogP contribution in [0.15, 0.2) is 18.2 Å². The number of phenolic OH excluding ortho intramolecular Hbond substituents is 1. The summed E-state index contributed by atoms with van der Waals surface area (Å²) in [6.45, 7) is 2.61. The van der Waals surface area contributed by atoms with Gasteiger partial charge in [0.05, 0.1) is 6.10 Å². The maximum atomic E-state index is 13.5. The van der Waals surface area contributed by atoms with Crippen LogP contribution in [0.3, 0.4) is 0 Å². The Morgan fingerprint density at radius 1 is 1.63 bits per heavy atom. The van der Waals surface area contributed by atoms with Crippen molar-refractivity contribution in [1.29, 1.82) is 0 Å². The van der Waals surface area contributed by atoms with E-state index in [0.29, 0.717) is 6.42 Å². The molecule has 5 heteroatoms. The lowest BCUT2D eigenvalue weighted by molar-refractivity contribution is 0.0845. The first kappa shape index (κ1) is 13.8. The van der Waals surface area contributed by atoms with Crippen molar-refractivity contribution in [3.63, 3.8) is 0 Å². The van der Waals surface area contributed by atoms with Crippen LogP contribution in [-0.2, 0) is 4.74 Å². The average Bonchev–Trinajstić information content (AvgIpc) is 2.81. The number of phenols is 1. The van der Waals surface area contributed by atoms with Gasteiger partial charge in [-0.3, -0.25) is 4.79 Å². The van der Waals surface area contributed by atoms with Gasteiger partial charge in [-0.25, -0.2) is 4.39 Å². The highest BCUT2D eigenvalue weighted by Gasteiger charge is 2.22. The summed E-state index contributed by atoms with van der Waals surface area (Å²) in [5.41, 5.74) is -0.304. The lowest BCUT2D eigenvalue weighted by atomic mass is 10.1. The van der Waals surface area contributed by atoms with Crippen LogP contribution in [0.1, 0.15) is 36.5 Å². The summed E-state index contributed by atoms with van der Waals surface area (Å²) in [7, 11) is 0. The zero-order chi connectivity index (χ0) is 13.8. The summed E-state index contributed by atoms with van der Waals surface area (Å²) in [5.74, 6) is -1.66. The van der Waals surface area contributed by atoms with Crippen LogP contribution in [0.25, 0.3) is 0 Å². The normalized spacial score (nSPS) is 20.2. The van der Waals surface area contributed by atoms with Crippen LogP contribution in [-0.4, -0.2) is 29.8 Å². The lowest BCUT2D eigenvalue weighted by Gasteiger charge is -2.18. The average molecular weight is 267 g/mol. The van der Waals surface area contributed by atoms with E-state index >= 15 is 0 Å². The minimum absolute atomic E-state index is 0.130. The Kier molecular flexibility index (Phi) is 4.37. The van der Waals surface area contributed by atoms with Crippen molar-refractivity contribution in [2.24, 2.45) is 0 Å². The molecular formula is C14H18FNO3. The second kappa shape index (κ2) is 6.02. The molecule has 1 aromatic rings. The van der Waals surface area contributed by atoms with Crippen LogP contribution in [0, 0.1) is 5.82 Å². The monoisotopic (exact) mass is 267 g/mol. The fourth-order valence-corrected chi connectivity index (χ4v) is 2.32. The van der Waals surface area contributed by atoms with E-state index in [1.165, 1.54) is 12.1 Å². The maximum Gasteiger partial charge on any atom is 0.258 e. The molecule has 0 spiro atoms. The number of aromatic hydroxyl groups is 1. The van der Waals surface area contributed by atoms with E-state index in [9.17, 15) is 14.3 Å². The fraction of sp³-hybridized carbons (Fsp3) is 0.500. The minimum atomic E-state index is -0.721. The van der Waals surface area contributed by atoms with Crippen molar-refractivity contribution in [2.45, 2.75) is 38.3 Å². The van der Waals surface area contributed by atoms with Crippen LogP contribution in [0.4, 0.5) is 4.39 Å². The molecule has 1 aliphatic rings. The zero-order valence-electron chi connectivity index (χ0n) is 10.9. The van der Waals surface area contributed by atoms with Crippen LogP contribution < -0.4 is 5.32 Å². The molecule has 1 fully saturated rings. The predicted octanol–water partition coefficient (Wildman–Crippen LogP) is 2.22. The molecule has 0 aliphatic carbocycles. The molecule has 19 heavy (non-hydrogen) atoms. The second-order valence-corrected chi connectivity index (χ2v) is 4.88. The second-order valence-electron chi connectivity index (χ2n) is 4.88. The van der Waals surface area contributed by atoms with Gasteiger partial charge in [0.2, 0.25) is 0 Å². The molecule has 2 N–H and O–H groups in total. The molecular weight excluding hydrogens is 249 g/mol. The van der Waals surface area contributed by atoms with Crippen LogP contribution >= 0.6 is 0 Å². The SMILES string of the molecule is C[C@H](C[C@@H]1CCCO1)NC(=O)c1c(O)cccc1F. The molecule has 2 atom stereocenters. The summed E-state index contributed by atoms with van der Waals surface area (Å²) >= 11 is 0. The van der Waals surface area contributed by atoms with E-state index in [-0.39, 0.29) is 23.5 Å². The molecule has 0 aromatic heterocycles. The molecule has 4 nitrogen and oxygen atoms in total. The van der Waals surface area contributed by atoms with Gasteiger partial charge in [0.25, 0.3) is 5.91 Å². The summed E-state index contributed by atoms with van der Waals surface area (Å²) in [5, 5.41) is 12.2. The Hall–Kier alpha value is -1.62. The van der Waals surface area contributed by atoms with Gasteiger partial charge in [0, 0.05) is 12.6 Å². The van der Waals surface area contributed by atoms with Crippen molar-refractivity contribution in [3.8, 4) is 5.75 Å². The lowest BCUT2D eigenvalue weighted by Crippen LogP contribution is -2.35. The number of carbonyl (C=O) groups excluding carboxylic acids is 1. The van der Waals surface area contributed by atoms with Crippen molar-refractivity contribution < 1.29 is 19.0 Å². The van der Waals surface area contributed by atoms with Gasteiger partial charge in [-0.15, -0.1) is 0 Å². The van der Waals surface area contributed by atoms with E-state index in [2.05, 4.69) is 5.32 Å². The molecule has 2 rings (SSSR count). The quantitative estimate of drug-likeness (QED) is 0.879. The zero-order valence-corrected chi connectivity index (χ0v) is 10.9. The number of benzene rings is 1. The molecule has 0 saturated carbocycles. The third-order valence-corrected chi connectivity index (χ3v) is 3.24. The molecule has 0 unspecified atom stereocenters. The number of ether oxygens (including phenoxy) is 1. The molecule has 1 heterocycles. The van der Waals surface area contributed by atoms with Gasteiger partial charge in [-0.1, -0.05) is 6.07 Å². The van der Waals surface area contributed by atoms with Gasteiger partial charge in [-0.2, -0.15) is 0 Å². The Bertz CT molecular complexity index is 438. The van der Waals surface area contributed by atoms with Crippen molar-refractivity contribution in [1.82, 2.24) is 5.32 Å². The van der Waals surface area contributed by atoms with Gasteiger partial charge in [0.1, 0.15) is 17.1 Å². The van der Waals surface area contributed by atoms with Gasteiger partial charge < -0.3 is 15.2 Å². The smallest absolute Gasteiger partial charge is 0.258 e. The third kappa shape index (κ3) is 3.44. The first-order chi connectivity index (χ1) is 9.08. The number of halogens is 1. The van der Waals surface area contributed by atoms with E-state index in [0.717, 1.165) is 25.5 Å². The number of carbonyl (C=O) groups is 1. The van der Waals surface area contributed by atoms with Gasteiger partial charge in [0.15, 0.2) is 0 Å². The largest absolute Gasteiger partial charge is 0.507 e. The number of amides is 1. The highest BCUT2D eigenvalue weighted by molar-refractivity contribution is 5.97. The van der Waals surface area contributed by atoms with Crippen LogP contribution in [0.5, 0.6) is 5.75 Å². The third-order valence-electron chi connectivity index (χ3n) is 3.24. The van der Waals surface area contributed by atoms with E-state index in [1.807, 2.05) is 6.92 Å². The summed E-state index contributed by atoms with van der Waals surface area (Å²) in [6, 6.07) is 3.67. The first-order valence-electron chi connectivity index (χ1n) is 6.48. The Morgan fingerprint density at radius 3 is 3.05 bits per heavy atom. The van der Waals surface area contributed by atoms with Gasteiger partial charge >= 0.3 is 0 Å². The Balaban J connectivity index is 1.96. The Morgan fingerprint density at radius 2 is 2.42 bits per heavy atom. The molecule has 1 aliphatic heterocycles. The number of nitrogens with one attached hydrogen (secondary N) is 1. The maximum absolute atomic E-state index is 13.5. The highest BCUT2D eigenvalue weighted by atomic mass is 19.1. The number of hydrogen-bond acceptors (Lipinski definition) is 3. The molecule has 104 valence electrons. The molecule has 0 radical (unpaired) electrons. The Labute approximate surface area is 111 Å². The molecule has 1 aromatic carbocycles. The summed E-state index contributed by atoms with van der Waals surface area (Å²) in [4.78, 5) is 11.9. The highest BCUT2D eigenvalue weighted by Crippen LogP contribution is 2.21. The summed E-state index contributed by atoms with van der Waals surface area (Å²) < 4.78 is 19.0. The topological polar surface area (TPSA) is 58.6 Å². The number of hydrogen-bond donors (Lipinski definition) is 2. The number of rotatable bonds is 4. The van der Waals surface area contributed by atoms with Crippen molar-refractivity contribution in [3.05, 3.63) is 29.6 Å². The first-order valence-corrected chi connectivity index (χ1v) is 6.48. The minimum Gasteiger partial charge on any atom is -0.507 e. The standard InChI is InChI=1S/C14H18FNO3/c1-9(8-10-4-3-7-19-10)16-14(18)13-11(15)5-2-6-12(13)17/h2,5-6,9-10,17H,3-4,7-8H2,1H3,(H,16,18)/t9-,10+/m1/s1. The van der Waals surface area contributed by atoms with E-state index in [1.54, 1.807) is 0 Å². The molecule has 1 saturated heterocycles. The van der Waals surface area contributed by atoms with Crippen molar-refractivity contribution >= 4 is 5.91 Å².